The predicted octanol–water partition coefficient (Wildman–Crippen LogP) is 2.24. The van der Waals surface area contributed by atoms with Crippen LogP contribution in [0.15, 0.2) is 48.5 Å². The summed E-state index contributed by atoms with van der Waals surface area (Å²) in [6.07, 6.45) is 0.474. The van der Waals surface area contributed by atoms with Crippen molar-refractivity contribution < 1.29 is 9.59 Å². The molecule has 1 N–H and O–H groups in total. The van der Waals surface area contributed by atoms with Crippen molar-refractivity contribution >= 4 is 23.3 Å². The van der Waals surface area contributed by atoms with Gasteiger partial charge >= 0.3 is 6.03 Å². The zero-order valence-corrected chi connectivity index (χ0v) is 15.5. The van der Waals surface area contributed by atoms with Gasteiger partial charge in [0.25, 0.3) is 0 Å². The molecule has 6 nitrogen and oxygen atoms in total. The van der Waals surface area contributed by atoms with Crippen LogP contribution in [0.3, 0.4) is 0 Å². The van der Waals surface area contributed by atoms with Crippen LogP contribution >= 0.6 is 0 Å². The number of amides is 3. The first-order chi connectivity index (χ1) is 13.1. The van der Waals surface area contributed by atoms with E-state index >= 15 is 0 Å². The Hall–Kier alpha value is -3.02. The summed E-state index contributed by atoms with van der Waals surface area (Å²) < 4.78 is 0. The van der Waals surface area contributed by atoms with Crippen LogP contribution in [-0.2, 0) is 17.8 Å². The van der Waals surface area contributed by atoms with E-state index in [1.54, 1.807) is 4.90 Å². The van der Waals surface area contributed by atoms with Crippen LogP contribution < -0.4 is 15.1 Å². The van der Waals surface area contributed by atoms with Crippen LogP contribution in [0.4, 0.5) is 16.2 Å². The van der Waals surface area contributed by atoms with Crippen LogP contribution in [0.2, 0.25) is 0 Å². The highest BCUT2D eigenvalue weighted by Gasteiger charge is 2.26. The summed E-state index contributed by atoms with van der Waals surface area (Å²) in [5, 5.41) is 2.99. The lowest BCUT2D eigenvalue weighted by Crippen LogP contribution is -2.51. The van der Waals surface area contributed by atoms with E-state index in [9.17, 15) is 9.59 Å². The summed E-state index contributed by atoms with van der Waals surface area (Å²) in [5.41, 5.74) is 4.31. The van der Waals surface area contributed by atoms with E-state index in [1.807, 2.05) is 48.3 Å². The summed E-state index contributed by atoms with van der Waals surface area (Å²) in [6.45, 7) is 3.52. The Labute approximate surface area is 159 Å². The minimum absolute atomic E-state index is 0.0142. The average Bonchev–Trinajstić information content (AvgIpc) is 3.00. The maximum atomic E-state index is 12.4. The van der Waals surface area contributed by atoms with Gasteiger partial charge in [0.05, 0.1) is 6.42 Å². The van der Waals surface area contributed by atoms with E-state index in [0.717, 1.165) is 35.6 Å². The third kappa shape index (κ3) is 3.60. The predicted molar refractivity (Wildman–Crippen MR) is 106 cm³/mol. The molecule has 6 heteroatoms. The number of carbonyl (C=O) groups is 2. The summed E-state index contributed by atoms with van der Waals surface area (Å²) in [5.74, 6) is 0.141. The zero-order chi connectivity index (χ0) is 18.8. The molecule has 4 rings (SSSR count). The summed E-state index contributed by atoms with van der Waals surface area (Å²) in [4.78, 5) is 30.1. The summed E-state index contributed by atoms with van der Waals surface area (Å²) >= 11 is 0. The van der Waals surface area contributed by atoms with E-state index in [1.165, 1.54) is 0 Å². The molecule has 3 amide bonds. The Bertz CT molecular complexity index is 845. The number of benzene rings is 2. The molecule has 2 aromatic rings. The lowest BCUT2D eigenvalue weighted by molar-refractivity contribution is -0.117. The standard InChI is InChI=1S/C21H24N4O2/c1-23-19-8-7-18(13-17(19)14-20(23)26)24-9-11-25(12-10-24)21(27)22-15-16-5-3-2-4-6-16/h2-8,13H,9-12,14-15H2,1H3,(H,22,27). The Morgan fingerprint density at radius 3 is 2.52 bits per heavy atom. The monoisotopic (exact) mass is 364 g/mol. The number of nitrogens with zero attached hydrogens (tertiary/aromatic N) is 3. The molecular formula is C21H24N4O2. The molecule has 27 heavy (non-hydrogen) atoms. The molecular weight excluding hydrogens is 340 g/mol. The molecule has 0 radical (unpaired) electrons. The van der Waals surface area contributed by atoms with Crippen molar-refractivity contribution in [2.45, 2.75) is 13.0 Å². The van der Waals surface area contributed by atoms with Crippen LogP contribution in [0.5, 0.6) is 0 Å². The third-order valence-corrected chi connectivity index (χ3v) is 5.36. The molecule has 0 aromatic heterocycles. The van der Waals surface area contributed by atoms with Crippen LogP contribution in [0, 0.1) is 0 Å². The number of hydrogen-bond donors (Lipinski definition) is 1. The van der Waals surface area contributed by atoms with Crippen molar-refractivity contribution in [2.24, 2.45) is 0 Å². The Kier molecular flexibility index (Phi) is 4.71. The second-order valence-corrected chi connectivity index (χ2v) is 7.06. The van der Waals surface area contributed by atoms with E-state index in [-0.39, 0.29) is 11.9 Å². The number of anilines is 2. The van der Waals surface area contributed by atoms with Gasteiger partial charge in [-0.3, -0.25) is 4.79 Å². The molecule has 0 saturated carbocycles. The third-order valence-electron chi connectivity index (χ3n) is 5.36. The van der Waals surface area contributed by atoms with Crippen molar-refractivity contribution in [3.63, 3.8) is 0 Å². The lowest BCUT2D eigenvalue weighted by Gasteiger charge is -2.36. The zero-order valence-electron chi connectivity index (χ0n) is 15.5. The molecule has 2 aliphatic rings. The first kappa shape index (κ1) is 17.4. The van der Waals surface area contributed by atoms with Crippen molar-refractivity contribution in [3.8, 4) is 0 Å². The quantitative estimate of drug-likeness (QED) is 0.909. The van der Waals surface area contributed by atoms with Crippen LogP contribution in [-0.4, -0.2) is 50.1 Å². The Morgan fingerprint density at radius 1 is 1.04 bits per heavy atom. The maximum absolute atomic E-state index is 12.4. The first-order valence-electron chi connectivity index (χ1n) is 9.33. The number of piperazine rings is 1. The molecule has 2 aromatic carbocycles. The number of likely N-dealkylation sites (N-methyl/N-ethyl adjacent to an activating group) is 1. The highest BCUT2D eigenvalue weighted by atomic mass is 16.2. The van der Waals surface area contributed by atoms with Crippen molar-refractivity contribution in [3.05, 3.63) is 59.7 Å². The van der Waals surface area contributed by atoms with Crippen molar-refractivity contribution in [2.75, 3.05) is 43.0 Å². The molecule has 2 heterocycles. The minimum Gasteiger partial charge on any atom is -0.368 e. The average molecular weight is 364 g/mol. The smallest absolute Gasteiger partial charge is 0.317 e. The summed E-state index contributed by atoms with van der Waals surface area (Å²) in [7, 11) is 1.82. The van der Waals surface area contributed by atoms with Gasteiger partial charge in [0.15, 0.2) is 0 Å². The fourth-order valence-electron chi connectivity index (χ4n) is 3.71. The Balaban J connectivity index is 1.32. The largest absolute Gasteiger partial charge is 0.368 e. The van der Waals surface area contributed by atoms with Gasteiger partial charge in [-0.2, -0.15) is 0 Å². The van der Waals surface area contributed by atoms with Crippen molar-refractivity contribution in [1.82, 2.24) is 10.2 Å². The van der Waals surface area contributed by atoms with Crippen LogP contribution in [0.1, 0.15) is 11.1 Å². The molecule has 0 bridgehead atoms. The number of urea groups is 1. The lowest BCUT2D eigenvalue weighted by atomic mass is 10.1. The van der Waals surface area contributed by atoms with Crippen molar-refractivity contribution in [1.29, 1.82) is 0 Å². The molecule has 140 valence electrons. The number of fused-ring (bicyclic) bond motifs is 1. The van der Waals surface area contributed by atoms with Gasteiger partial charge in [-0.05, 0) is 29.3 Å². The topological polar surface area (TPSA) is 55.9 Å². The second-order valence-electron chi connectivity index (χ2n) is 7.06. The highest BCUT2D eigenvalue weighted by Crippen LogP contribution is 2.31. The molecule has 1 fully saturated rings. The van der Waals surface area contributed by atoms with E-state index < -0.39 is 0 Å². The van der Waals surface area contributed by atoms with E-state index in [0.29, 0.717) is 26.1 Å². The number of nitrogens with one attached hydrogen (secondary N) is 1. The molecule has 0 aliphatic carbocycles. The molecule has 1 saturated heterocycles. The Morgan fingerprint density at radius 2 is 1.78 bits per heavy atom. The fraction of sp³-hybridized carbons (Fsp3) is 0.333. The fourth-order valence-corrected chi connectivity index (χ4v) is 3.71. The van der Waals surface area contributed by atoms with Crippen LogP contribution in [0.25, 0.3) is 0 Å². The molecule has 2 aliphatic heterocycles. The maximum Gasteiger partial charge on any atom is 0.317 e. The summed E-state index contributed by atoms with van der Waals surface area (Å²) in [6, 6.07) is 16.1. The van der Waals surface area contributed by atoms with Gasteiger partial charge in [0, 0.05) is 51.1 Å². The number of carbonyl (C=O) groups excluding carboxylic acids is 2. The van der Waals surface area contributed by atoms with Gasteiger partial charge < -0.3 is 20.0 Å². The molecule has 0 unspecified atom stereocenters. The van der Waals surface area contributed by atoms with E-state index in [4.69, 9.17) is 0 Å². The first-order valence-corrected chi connectivity index (χ1v) is 9.33. The number of hydrogen-bond acceptors (Lipinski definition) is 3. The minimum atomic E-state index is -0.0142. The SMILES string of the molecule is CN1C(=O)Cc2cc(N3CCN(C(=O)NCc4ccccc4)CC3)ccc21. The van der Waals surface area contributed by atoms with Gasteiger partial charge in [-0.25, -0.2) is 4.79 Å². The van der Waals surface area contributed by atoms with E-state index in [2.05, 4.69) is 22.3 Å². The highest BCUT2D eigenvalue weighted by molar-refractivity contribution is 6.01. The van der Waals surface area contributed by atoms with Gasteiger partial charge in [-0.15, -0.1) is 0 Å². The van der Waals surface area contributed by atoms with Gasteiger partial charge in [0.1, 0.15) is 0 Å². The second kappa shape index (κ2) is 7.31. The molecule has 0 atom stereocenters. The van der Waals surface area contributed by atoms with Gasteiger partial charge in [-0.1, -0.05) is 30.3 Å². The molecule has 0 spiro atoms. The normalized spacial score (nSPS) is 16.5. The van der Waals surface area contributed by atoms with Gasteiger partial charge in [0.2, 0.25) is 5.91 Å². The number of rotatable bonds is 3.